The SMILES string of the molecule is CC(C)(CCN)C(=O)NC1CCCc2occc21. The average Bonchev–Trinajstić information content (AvgIpc) is 2.78. The number of amides is 1. The molecular weight excluding hydrogens is 228 g/mol. The summed E-state index contributed by atoms with van der Waals surface area (Å²) in [4.78, 5) is 12.3. The molecule has 1 unspecified atom stereocenters. The summed E-state index contributed by atoms with van der Waals surface area (Å²) in [5.74, 6) is 1.09. The van der Waals surface area contributed by atoms with Crippen LogP contribution >= 0.6 is 0 Å². The highest BCUT2D eigenvalue weighted by atomic mass is 16.3. The van der Waals surface area contributed by atoms with Crippen LogP contribution in [0.5, 0.6) is 0 Å². The van der Waals surface area contributed by atoms with Crippen LogP contribution in [0.4, 0.5) is 0 Å². The molecule has 0 bridgehead atoms. The van der Waals surface area contributed by atoms with E-state index in [1.54, 1.807) is 6.26 Å². The Hall–Kier alpha value is -1.29. The minimum atomic E-state index is -0.407. The topological polar surface area (TPSA) is 68.3 Å². The number of aryl methyl sites for hydroxylation is 1. The number of furan rings is 1. The summed E-state index contributed by atoms with van der Waals surface area (Å²) in [6, 6.07) is 2.06. The maximum absolute atomic E-state index is 12.3. The van der Waals surface area contributed by atoms with Crippen molar-refractivity contribution in [1.29, 1.82) is 0 Å². The third-order valence-corrected chi connectivity index (χ3v) is 3.74. The summed E-state index contributed by atoms with van der Waals surface area (Å²) in [6.45, 7) is 4.41. The molecule has 0 saturated carbocycles. The van der Waals surface area contributed by atoms with Crippen LogP contribution in [-0.2, 0) is 11.2 Å². The highest BCUT2D eigenvalue weighted by molar-refractivity contribution is 5.82. The number of nitrogens with one attached hydrogen (secondary N) is 1. The average molecular weight is 250 g/mol. The second-order valence-corrected chi connectivity index (χ2v) is 5.64. The molecule has 3 N–H and O–H groups in total. The Balaban J connectivity index is 2.06. The van der Waals surface area contributed by atoms with E-state index in [1.807, 2.05) is 19.9 Å². The van der Waals surface area contributed by atoms with Gasteiger partial charge in [-0.05, 0) is 31.9 Å². The minimum Gasteiger partial charge on any atom is -0.469 e. The second-order valence-electron chi connectivity index (χ2n) is 5.64. The van der Waals surface area contributed by atoms with Crippen LogP contribution in [0.2, 0.25) is 0 Å². The fraction of sp³-hybridized carbons (Fsp3) is 0.643. The summed E-state index contributed by atoms with van der Waals surface area (Å²) in [7, 11) is 0. The molecule has 1 aliphatic carbocycles. The summed E-state index contributed by atoms with van der Waals surface area (Å²) >= 11 is 0. The molecule has 0 saturated heterocycles. The fourth-order valence-electron chi connectivity index (χ4n) is 2.46. The number of carbonyl (C=O) groups excluding carboxylic acids is 1. The summed E-state index contributed by atoms with van der Waals surface area (Å²) < 4.78 is 5.43. The summed E-state index contributed by atoms with van der Waals surface area (Å²) in [5.41, 5.74) is 6.28. The van der Waals surface area contributed by atoms with Gasteiger partial charge >= 0.3 is 0 Å². The first-order chi connectivity index (χ1) is 8.54. The lowest BCUT2D eigenvalue weighted by molar-refractivity contribution is -0.130. The van der Waals surface area contributed by atoms with Crippen molar-refractivity contribution >= 4 is 5.91 Å². The molecule has 1 aromatic heterocycles. The van der Waals surface area contributed by atoms with E-state index in [1.165, 1.54) is 0 Å². The van der Waals surface area contributed by atoms with Crippen molar-refractivity contribution in [3.63, 3.8) is 0 Å². The Labute approximate surface area is 108 Å². The summed E-state index contributed by atoms with van der Waals surface area (Å²) in [5, 5.41) is 3.13. The number of hydrogen-bond acceptors (Lipinski definition) is 3. The van der Waals surface area contributed by atoms with E-state index in [0.29, 0.717) is 13.0 Å². The maximum Gasteiger partial charge on any atom is 0.226 e. The van der Waals surface area contributed by atoms with Gasteiger partial charge in [-0.3, -0.25) is 4.79 Å². The van der Waals surface area contributed by atoms with Gasteiger partial charge in [-0.2, -0.15) is 0 Å². The highest BCUT2D eigenvalue weighted by Gasteiger charge is 2.31. The lowest BCUT2D eigenvalue weighted by Crippen LogP contribution is -2.40. The van der Waals surface area contributed by atoms with Gasteiger partial charge in [0.2, 0.25) is 5.91 Å². The predicted molar refractivity (Wildman–Crippen MR) is 70.0 cm³/mol. The predicted octanol–water partition coefficient (Wildman–Crippen LogP) is 2.15. The van der Waals surface area contributed by atoms with Gasteiger partial charge in [0, 0.05) is 17.4 Å². The minimum absolute atomic E-state index is 0.0759. The lowest BCUT2D eigenvalue weighted by Gasteiger charge is -2.28. The first-order valence-electron chi connectivity index (χ1n) is 6.62. The lowest BCUT2D eigenvalue weighted by atomic mass is 9.86. The zero-order valence-electron chi connectivity index (χ0n) is 11.2. The molecule has 1 aliphatic rings. The van der Waals surface area contributed by atoms with Crippen molar-refractivity contribution in [2.75, 3.05) is 6.54 Å². The third-order valence-electron chi connectivity index (χ3n) is 3.74. The van der Waals surface area contributed by atoms with Gasteiger partial charge in [0.1, 0.15) is 5.76 Å². The van der Waals surface area contributed by atoms with Crippen molar-refractivity contribution in [2.24, 2.45) is 11.1 Å². The zero-order valence-corrected chi connectivity index (χ0v) is 11.2. The van der Waals surface area contributed by atoms with Crippen molar-refractivity contribution in [1.82, 2.24) is 5.32 Å². The highest BCUT2D eigenvalue weighted by Crippen LogP contribution is 2.31. The molecule has 0 spiro atoms. The van der Waals surface area contributed by atoms with E-state index in [9.17, 15) is 4.79 Å². The molecule has 1 atom stereocenters. The summed E-state index contributed by atoms with van der Waals surface area (Å²) in [6.07, 6.45) is 5.42. The van der Waals surface area contributed by atoms with Gasteiger partial charge in [-0.15, -0.1) is 0 Å². The van der Waals surface area contributed by atoms with Crippen molar-refractivity contribution in [3.8, 4) is 0 Å². The third kappa shape index (κ3) is 2.58. The first-order valence-corrected chi connectivity index (χ1v) is 6.62. The van der Waals surface area contributed by atoms with E-state index >= 15 is 0 Å². The van der Waals surface area contributed by atoms with E-state index < -0.39 is 5.41 Å². The molecule has 100 valence electrons. The Kier molecular flexibility index (Phi) is 3.76. The quantitative estimate of drug-likeness (QED) is 0.860. The molecule has 18 heavy (non-hydrogen) atoms. The molecule has 0 aromatic carbocycles. The smallest absolute Gasteiger partial charge is 0.226 e. The van der Waals surface area contributed by atoms with E-state index in [0.717, 1.165) is 30.6 Å². The largest absolute Gasteiger partial charge is 0.469 e. The van der Waals surface area contributed by atoms with Crippen molar-refractivity contribution in [2.45, 2.75) is 45.6 Å². The monoisotopic (exact) mass is 250 g/mol. The van der Waals surface area contributed by atoms with Crippen molar-refractivity contribution in [3.05, 3.63) is 23.7 Å². The molecule has 1 heterocycles. The first kappa shape index (κ1) is 13.1. The Morgan fingerprint density at radius 1 is 1.61 bits per heavy atom. The molecule has 1 aromatic rings. The van der Waals surface area contributed by atoms with Gasteiger partial charge in [-0.25, -0.2) is 0 Å². The maximum atomic E-state index is 12.3. The van der Waals surface area contributed by atoms with Crippen LogP contribution in [-0.4, -0.2) is 12.5 Å². The molecule has 0 fully saturated rings. The van der Waals surface area contributed by atoms with Gasteiger partial charge in [-0.1, -0.05) is 13.8 Å². The molecule has 4 heteroatoms. The number of fused-ring (bicyclic) bond motifs is 1. The van der Waals surface area contributed by atoms with E-state index in [-0.39, 0.29) is 11.9 Å². The Morgan fingerprint density at radius 2 is 2.39 bits per heavy atom. The van der Waals surface area contributed by atoms with Crippen LogP contribution in [0, 0.1) is 5.41 Å². The van der Waals surface area contributed by atoms with Gasteiger partial charge in [0.25, 0.3) is 0 Å². The Bertz CT molecular complexity index is 423. The zero-order chi connectivity index (χ0) is 13.2. The molecule has 0 aliphatic heterocycles. The molecule has 2 rings (SSSR count). The van der Waals surface area contributed by atoms with E-state index in [4.69, 9.17) is 10.2 Å². The number of carbonyl (C=O) groups is 1. The van der Waals surface area contributed by atoms with Crippen LogP contribution in [0.15, 0.2) is 16.7 Å². The number of hydrogen-bond donors (Lipinski definition) is 2. The molecular formula is C14H22N2O2. The van der Waals surface area contributed by atoms with Crippen molar-refractivity contribution < 1.29 is 9.21 Å². The Morgan fingerprint density at radius 3 is 3.11 bits per heavy atom. The fourth-order valence-corrected chi connectivity index (χ4v) is 2.46. The standard InChI is InChI=1S/C14H22N2O2/c1-14(2,7-8-15)13(17)16-11-4-3-5-12-10(11)6-9-18-12/h6,9,11H,3-5,7-8,15H2,1-2H3,(H,16,17). The number of nitrogens with two attached hydrogens (primary N) is 1. The number of rotatable bonds is 4. The van der Waals surface area contributed by atoms with Gasteiger partial charge in [0.15, 0.2) is 0 Å². The molecule has 4 nitrogen and oxygen atoms in total. The van der Waals surface area contributed by atoms with Crippen LogP contribution in [0.3, 0.4) is 0 Å². The van der Waals surface area contributed by atoms with Gasteiger partial charge < -0.3 is 15.5 Å². The second kappa shape index (κ2) is 5.14. The molecule has 1 amide bonds. The van der Waals surface area contributed by atoms with Crippen LogP contribution in [0.25, 0.3) is 0 Å². The van der Waals surface area contributed by atoms with Crippen LogP contribution < -0.4 is 11.1 Å². The normalized spacial score (nSPS) is 19.4. The van der Waals surface area contributed by atoms with E-state index in [2.05, 4.69) is 5.32 Å². The van der Waals surface area contributed by atoms with Crippen LogP contribution in [0.1, 0.15) is 50.5 Å². The molecule has 0 radical (unpaired) electrons. The van der Waals surface area contributed by atoms with Gasteiger partial charge in [0.05, 0.1) is 12.3 Å².